The Morgan fingerprint density at radius 3 is 2.71 bits per heavy atom. The van der Waals surface area contributed by atoms with Gasteiger partial charge >= 0.3 is 0 Å². The highest BCUT2D eigenvalue weighted by molar-refractivity contribution is 5.92. The summed E-state index contributed by atoms with van der Waals surface area (Å²) < 4.78 is 12.2. The van der Waals surface area contributed by atoms with E-state index < -0.39 is 6.10 Å². The van der Waals surface area contributed by atoms with Crippen molar-refractivity contribution >= 4 is 17.5 Å². The molecule has 0 radical (unpaired) electrons. The Kier molecular flexibility index (Phi) is 8.41. The smallest absolute Gasteiger partial charge is 0.238 e. The number of likely N-dealkylation sites (tertiary alicyclic amines) is 1. The van der Waals surface area contributed by atoms with Crippen LogP contribution in [0.25, 0.3) is 0 Å². The monoisotopic (exact) mass is 474 g/mol. The number of nitrogens with zero attached hydrogens (tertiary/aromatic N) is 2. The van der Waals surface area contributed by atoms with E-state index in [-0.39, 0.29) is 43.0 Å². The quantitative estimate of drug-likeness (QED) is 0.494. The standard InChI is InChI=1S/C25H38N4O5/c1-28(2)15-24(32)27-17-6-7-21-19(12-17)20-13-18(33-22(16-30)25(20)34-21)14-23(31)26-8-11-29-9-4-3-5-10-29/h6-7,12,18,20,22,25,30H,3-5,8-11,13-16H2,1-2H3,(H,26,31)(H,27,32)/t18-,20-,22+,25+/m0/s1. The molecule has 3 heterocycles. The number of fused-ring (bicyclic) bond motifs is 3. The molecule has 9 heteroatoms. The fourth-order valence-electron chi connectivity index (χ4n) is 5.27. The lowest BCUT2D eigenvalue weighted by molar-refractivity contribution is -0.142. The molecular formula is C25H38N4O5. The van der Waals surface area contributed by atoms with Crippen molar-refractivity contribution < 1.29 is 24.2 Å². The van der Waals surface area contributed by atoms with Gasteiger partial charge in [-0.15, -0.1) is 0 Å². The van der Waals surface area contributed by atoms with Gasteiger partial charge in [0.25, 0.3) is 0 Å². The number of nitrogens with one attached hydrogen (secondary N) is 2. The van der Waals surface area contributed by atoms with Crippen LogP contribution in [0.15, 0.2) is 18.2 Å². The Hall–Kier alpha value is -2.20. The van der Waals surface area contributed by atoms with E-state index in [9.17, 15) is 14.7 Å². The van der Waals surface area contributed by atoms with Crippen LogP contribution in [0.5, 0.6) is 5.75 Å². The van der Waals surface area contributed by atoms with Gasteiger partial charge < -0.3 is 35.0 Å². The molecule has 4 atom stereocenters. The maximum Gasteiger partial charge on any atom is 0.238 e. The van der Waals surface area contributed by atoms with Gasteiger partial charge in [-0.1, -0.05) is 6.42 Å². The number of piperidine rings is 1. The van der Waals surface area contributed by atoms with Crippen molar-refractivity contribution in [3.63, 3.8) is 0 Å². The zero-order chi connectivity index (χ0) is 24.1. The molecule has 1 aromatic rings. The highest BCUT2D eigenvalue weighted by Crippen LogP contribution is 2.47. The first-order chi connectivity index (χ1) is 16.4. The highest BCUT2D eigenvalue weighted by Gasteiger charge is 2.46. The molecule has 0 unspecified atom stereocenters. The summed E-state index contributed by atoms with van der Waals surface area (Å²) in [6.07, 6.45) is 3.56. The van der Waals surface area contributed by atoms with Gasteiger partial charge in [0.15, 0.2) is 0 Å². The van der Waals surface area contributed by atoms with E-state index >= 15 is 0 Å². The van der Waals surface area contributed by atoms with Crippen LogP contribution in [0.3, 0.4) is 0 Å². The minimum absolute atomic E-state index is 0.00208. The predicted octanol–water partition coefficient (Wildman–Crippen LogP) is 1.17. The Morgan fingerprint density at radius 2 is 1.97 bits per heavy atom. The number of hydrogen-bond acceptors (Lipinski definition) is 7. The minimum atomic E-state index is -0.496. The lowest BCUT2D eigenvalue weighted by atomic mass is 9.84. The number of hydrogen-bond donors (Lipinski definition) is 3. The highest BCUT2D eigenvalue weighted by atomic mass is 16.6. The molecular weight excluding hydrogens is 436 g/mol. The third kappa shape index (κ3) is 6.27. The first-order valence-corrected chi connectivity index (χ1v) is 12.4. The van der Waals surface area contributed by atoms with Gasteiger partial charge in [0, 0.05) is 30.3 Å². The third-order valence-electron chi connectivity index (χ3n) is 6.85. The van der Waals surface area contributed by atoms with Crippen LogP contribution < -0.4 is 15.4 Å². The van der Waals surface area contributed by atoms with E-state index in [4.69, 9.17) is 9.47 Å². The predicted molar refractivity (Wildman–Crippen MR) is 129 cm³/mol. The Labute approximate surface area is 201 Å². The largest absolute Gasteiger partial charge is 0.487 e. The second kappa shape index (κ2) is 11.5. The maximum atomic E-state index is 12.6. The molecule has 4 rings (SSSR count). The number of amides is 2. The first kappa shape index (κ1) is 24.9. The summed E-state index contributed by atoms with van der Waals surface area (Å²) in [6, 6.07) is 5.63. The van der Waals surface area contributed by atoms with Crippen LogP contribution in [0.4, 0.5) is 5.69 Å². The lowest BCUT2D eigenvalue weighted by Gasteiger charge is -2.37. The number of aliphatic hydroxyl groups is 1. The number of benzene rings is 1. The Bertz CT molecular complexity index is 858. The molecule has 188 valence electrons. The first-order valence-electron chi connectivity index (χ1n) is 12.4. The molecule has 2 fully saturated rings. The van der Waals surface area contributed by atoms with Crippen LogP contribution >= 0.6 is 0 Å². The summed E-state index contributed by atoms with van der Waals surface area (Å²) in [7, 11) is 3.70. The van der Waals surface area contributed by atoms with Gasteiger partial charge in [0.05, 0.1) is 25.7 Å². The second-order valence-electron chi connectivity index (χ2n) is 9.90. The van der Waals surface area contributed by atoms with Gasteiger partial charge in [0.1, 0.15) is 18.0 Å². The zero-order valence-corrected chi connectivity index (χ0v) is 20.3. The van der Waals surface area contributed by atoms with Gasteiger partial charge in [-0.25, -0.2) is 0 Å². The van der Waals surface area contributed by atoms with Crippen molar-refractivity contribution in [2.45, 2.75) is 56.3 Å². The molecule has 0 bridgehead atoms. The molecule has 3 aliphatic rings. The SMILES string of the molecule is CN(C)CC(=O)Nc1ccc2c(c1)[C@@H]1C[C@@H](CC(=O)NCCN3CCCCC3)O[C@H](CO)[C@@H]1O2. The molecule has 9 nitrogen and oxygen atoms in total. The van der Waals surface area contributed by atoms with Crippen molar-refractivity contribution in [1.82, 2.24) is 15.1 Å². The maximum absolute atomic E-state index is 12.6. The van der Waals surface area contributed by atoms with Gasteiger partial charge in [-0.3, -0.25) is 9.59 Å². The molecule has 0 spiro atoms. The molecule has 2 amide bonds. The van der Waals surface area contributed by atoms with E-state index in [2.05, 4.69) is 15.5 Å². The molecule has 0 saturated carbocycles. The van der Waals surface area contributed by atoms with Crippen LogP contribution in [0.1, 0.15) is 43.6 Å². The number of aliphatic hydroxyl groups excluding tert-OH is 1. The van der Waals surface area contributed by atoms with Crippen LogP contribution in [0.2, 0.25) is 0 Å². The average Bonchev–Trinajstić information content (AvgIpc) is 3.16. The molecule has 34 heavy (non-hydrogen) atoms. The van der Waals surface area contributed by atoms with E-state index in [0.717, 1.165) is 30.9 Å². The van der Waals surface area contributed by atoms with Crippen LogP contribution in [0, 0.1) is 0 Å². The minimum Gasteiger partial charge on any atom is -0.487 e. The summed E-state index contributed by atoms with van der Waals surface area (Å²) >= 11 is 0. The summed E-state index contributed by atoms with van der Waals surface area (Å²) in [6.45, 7) is 3.87. The number of carbonyl (C=O) groups is 2. The molecule has 3 aliphatic heterocycles. The third-order valence-corrected chi connectivity index (χ3v) is 6.85. The molecule has 0 aliphatic carbocycles. The number of rotatable bonds is 9. The molecule has 3 N–H and O–H groups in total. The molecule has 2 saturated heterocycles. The van der Waals surface area contributed by atoms with Crippen molar-refractivity contribution in [3.05, 3.63) is 23.8 Å². The van der Waals surface area contributed by atoms with Crippen molar-refractivity contribution in [2.24, 2.45) is 0 Å². The van der Waals surface area contributed by atoms with E-state index in [0.29, 0.717) is 25.2 Å². The number of anilines is 1. The van der Waals surface area contributed by atoms with Crippen LogP contribution in [-0.4, -0.2) is 98.5 Å². The molecule has 0 aromatic heterocycles. The summed E-state index contributed by atoms with van der Waals surface area (Å²) in [4.78, 5) is 29.0. The summed E-state index contributed by atoms with van der Waals surface area (Å²) in [5, 5.41) is 15.9. The van der Waals surface area contributed by atoms with Gasteiger partial charge in [-0.05, 0) is 64.6 Å². The lowest BCUT2D eigenvalue weighted by Crippen LogP contribution is -2.47. The normalized spacial score (nSPS) is 26.5. The van der Waals surface area contributed by atoms with Crippen molar-refractivity contribution in [2.75, 3.05) is 58.7 Å². The number of likely N-dealkylation sites (N-methyl/N-ethyl adjacent to an activating group) is 1. The fraction of sp³-hybridized carbons (Fsp3) is 0.680. The number of ether oxygens (including phenoxy) is 2. The van der Waals surface area contributed by atoms with E-state index in [1.54, 1.807) is 0 Å². The van der Waals surface area contributed by atoms with E-state index in [1.165, 1.54) is 19.3 Å². The number of carbonyl (C=O) groups excluding carboxylic acids is 2. The topological polar surface area (TPSA) is 103 Å². The van der Waals surface area contributed by atoms with Gasteiger partial charge in [-0.2, -0.15) is 0 Å². The summed E-state index contributed by atoms with van der Waals surface area (Å²) in [5.74, 6) is 0.632. The Morgan fingerprint density at radius 1 is 1.18 bits per heavy atom. The van der Waals surface area contributed by atoms with E-state index in [1.807, 2.05) is 37.2 Å². The summed E-state index contributed by atoms with van der Waals surface area (Å²) in [5.41, 5.74) is 1.71. The van der Waals surface area contributed by atoms with Crippen molar-refractivity contribution in [1.29, 1.82) is 0 Å². The Balaban J connectivity index is 1.35. The van der Waals surface area contributed by atoms with Crippen molar-refractivity contribution in [3.8, 4) is 5.75 Å². The fourth-order valence-corrected chi connectivity index (χ4v) is 5.27. The zero-order valence-electron chi connectivity index (χ0n) is 20.3. The average molecular weight is 475 g/mol. The second-order valence-corrected chi connectivity index (χ2v) is 9.90. The van der Waals surface area contributed by atoms with Crippen LogP contribution in [-0.2, 0) is 14.3 Å². The van der Waals surface area contributed by atoms with Gasteiger partial charge in [0.2, 0.25) is 11.8 Å². The molecule has 1 aromatic carbocycles.